The Kier molecular flexibility index (Phi) is 11.1. The molecule has 0 fully saturated rings. The van der Waals surface area contributed by atoms with Crippen molar-refractivity contribution in [2.24, 2.45) is 0 Å². The summed E-state index contributed by atoms with van der Waals surface area (Å²) in [5, 5.41) is 5.56. The molecule has 10 heteroatoms. The molecule has 8 nitrogen and oxygen atoms in total. The van der Waals surface area contributed by atoms with Crippen molar-refractivity contribution in [3.63, 3.8) is 0 Å². The van der Waals surface area contributed by atoms with Crippen LogP contribution in [0.4, 0.5) is 0 Å². The summed E-state index contributed by atoms with van der Waals surface area (Å²) in [7, 11) is -0.222. The second-order valence-corrected chi connectivity index (χ2v) is 9.72. The summed E-state index contributed by atoms with van der Waals surface area (Å²) in [4.78, 5) is 25.2. The van der Waals surface area contributed by atoms with E-state index in [1.54, 1.807) is 43.0 Å². The van der Waals surface area contributed by atoms with Crippen LogP contribution in [-0.4, -0.2) is 75.6 Å². The largest absolute Gasteiger partial charge is 0.496 e. The van der Waals surface area contributed by atoms with Gasteiger partial charge in [-0.1, -0.05) is 12.1 Å². The lowest BCUT2D eigenvalue weighted by molar-refractivity contribution is -0.123. The zero-order valence-corrected chi connectivity index (χ0v) is 19.1. The fourth-order valence-corrected chi connectivity index (χ4v) is 3.89. The second-order valence-electron chi connectivity index (χ2n) is 6.37. The number of nitrogens with zero attached hydrogens (tertiary/aromatic N) is 1. The first-order chi connectivity index (χ1) is 13.8. The van der Waals surface area contributed by atoms with E-state index in [9.17, 15) is 18.0 Å². The van der Waals surface area contributed by atoms with Crippen molar-refractivity contribution < 1.29 is 22.7 Å². The van der Waals surface area contributed by atoms with E-state index < -0.39 is 16.1 Å². The highest BCUT2D eigenvalue weighted by atomic mass is 32.2. The van der Waals surface area contributed by atoms with Crippen LogP contribution in [0.5, 0.6) is 5.75 Å². The first kappa shape index (κ1) is 25.3. The van der Waals surface area contributed by atoms with Crippen molar-refractivity contribution in [2.45, 2.75) is 25.8 Å². The number of rotatable bonds is 13. The van der Waals surface area contributed by atoms with Crippen LogP contribution in [0, 0.1) is 0 Å². The third kappa shape index (κ3) is 8.23. The zero-order valence-electron chi connectivity index (χ0n) is 17.4. The van der Waals surface area contributed by atoms with Crippen molar-refractivity contribution in [3.05, 3.63) is 29.8 Å². The summed E-state index contributed by atoms with van der Waals surface area (Å²) in [6.45, 7) is 2.23. The van der Waals surface area contributed by atoms with Crippen LogP contribution in [0.3, 0.4) is 0 Å². The molecule has 0 aromatic heterocycles. The number of nitrogens with one attached hydrogen (secondary N) is 2. The molecule has 1 unspecified atom stereocenters. The predicted octanol–water partition coefficient (Wildman–Crippen LogP) is 1.33. The Morgan fingerprint density at radius 1 is 1.28 bits per heavy atom. The molecular weight excluding hydrogens is 414 g/mol. The fourth-order valence-electron chi connectivity index (χ4n) is 2.57. The van der Waals surface area contributed by atoms with Crippen molar-refractivity contribution in [2.75, 3.05) is 45.0 Å². The molecule has 164 valence electrons. The normalized spacial score (nSPS) is 12.4. The van der Waals surface area contributed by atoms with Crippen LogP contribution in [0.25, 0.3) is 0 Å². The zero-order chi connectivity index (χ0) is 21.9. The minimum Gasteiger partial charge on any atom is -0.496 e. The average molecular weight is 446 g/mol. The first-order valence-electron chi connectivity index (χ1n) is 9.41. The number of sulfonamides is 1. The van der Waals surface area contributed by atoms with Crippen LogP contribution in [0.1, 0.15) is 30.1 Å². The minimum atomic E-state index is -3.23. The molecular formula is C19H31N3O5S2. The molecule has 1 rings (SSSR count). The molecule has 0 spiro atoms. The van der Waals surface area contributed by atoms with Crippen molar-refractivity contribution >= 4 is 33.6 Å². The third-order valence-electron chi connectivity index (χ3n) is 4.37. The highest BCUT2D eigenvalue weighted by molar-refractivity contribution is 7.98. The number of methoxy groups -OCH3 is 1. The molecule has 2 N–H and O–H groups in total. The number of hydrogen-bond donors (Lipinski definition) is 2. The highest BCUT2D eigenvalue weighted by Crippen LogP contribution is 2.17. The van der Waals surface area contributed by atoms with Crippen LogP contribution >= 0.6 is 11.8 Å². The molecule has 0 aliphatic carbocycles. The number of thioether (sulfide) groups is 1. The molecule has 0 saturated heterocycles. The summed E-state index contributed by atoms with van der Waals surface area (Å²) in [6, 6.07) is 6.14. The fraction of sp³-hybridized carbons (Fsp3) is 0.579. The molecule has 1 aromatic rings. The van der Waals surface area contributed by atoms with Gasteiger partial charge < -0.3 is 15.4 Å². The molecule has 1 aromatic carbocycles. The van der Waals surface area contributed by atoms with Gasteiger partial charge >= 0.3 is 0 Å². The van der Waals surface area contributed by atoms with Crippen LogP contribution in [0.15, 0.2) is 24.3 Å². The summed E-state index contributed by atoms with van der Waals surface area (Å²) in [5.74, 6) is 0.526. The third-order valence-corrected chi connectivity index (χ3v) is 6.88. The van der Waals surface area contributed by atoms with Gasteiger partial charge in [-0.25, -0.2) is 12.7 Å². The molecule has 0 saturated carbocycles. The Labute approximate surface area is 177 Å². The van der Waals surface area contributed by atoms with Crippen LogP contribution in [0.2, 0.25) is 0 Å². The van der Waals surface area contributed by atoms with E-state index in [4.69, 9.17) is 4.74 Å². The van der Waals surface area contributed by atoms with Crippen LogP contribution < -0.4 is 15.4 Å². The number of amides is 2. The van der Waals surface area contributed by atoms with Crippen molar-refractivity contribution in [1.82, 2.24) is 14.9 Å². The number of para-hydroxylation sites is 1. The Bertz CT molecular complexity index is 771. The standard InChI is InChI=1S/C19H31N3O5S2/c1-5-29(25,26)22(2)13-8-12-20-19(24)16(11-14-28-4)21-18(23)15-9-6-7-10-17(15)27-3/h6-7,9-10,16H,5,8,11-14H2,1-4H3,(H,20,24)(H,21,23). The Morgan fingerprint density at radius 2 is 1.97 bits per heavy atom. The maximum Gasteiger partial charge on any atom is 0.255 e. The summed E-state index contributed by atoms with van der Waals surface area (Å²) < 4.78 is 30.0. The number of ether oxygens (including phenoxy) is 1. The summed E-state index contributed by atoms with van der Waals surface area (Å²) >= 11 is 1.59. The molecule has 2 amide bonds. The van der Waals surface area contributed by atoms with E-state index in [0.29, 0.717) is 43.0 Å². The number of hydrogen-bond acceptors (Lipinski definition) is 6. The minimum absolute atomic E-state index is 0.0433. The SMILES string of the molecule is CCS(=O)(=O)N(C)CCCNC(=O)C(CCSC)NC(=O)c1ccccc1OC. The van der Waals surface area contributed by atoms with Gasteiger partial charge in [0.2, 0.25) is 15.9 Å². The van der Waals surface area contributed by atoms with Gasteiger partial charge in [-0.2, -0.15) is 11.8 Å². The molecule has 0 bridgehead atoms. The Morgan fingerprint density at radius 3 is 2.59 bits per heavy atom. The van der Waals surface area contributed by atoms with E-state index in [1.807, 2.05) is 6.26 Å². The van der Waals surface area contributed by atoms with E-state index in [1.165, 1.54) is 18.5 Å². The van der Waals surface area contributed by atoms with E-state index in [0.717, 1.165) is 0 Å². The van der Waals surface area contributed by atoms with E-state index >= 15 is 0 Å². The highest BCUT2D eigenvalue weighted by Gasteiger charge is 2.22. The predicted molar refractivity (Wildman–Crippen MR) is 117 cm³/mol. The van der Waals surface area contributed by atoms with Crippen molar-refractivity contribution in [3.8, 4) is 5.75 Å². The van der Waals surface area contributed by atoms with Gasteiger partial charge in [0.15, 0.2) is 0 Å². The van der Waals surface area contributed by atoms with E-state index in [2.05, 4.69) is 10.6 Å². The van der Waals surface area contributed by atoms with E-state index in [-0.39, 0.29) is 17.6 Å². The van der Waals surface area contributed by atoms with Gasteiger partial charge in [0.1, 0.15) is 11.8 Å². The van der Waals surface area contributed by atoms with Crippen molar-refractivity contribution in [1.29, 1.82) is 0 Å². The Hall–Kier alpha value is -1.78. The topological polar surface area (TPSA) is 105 Å². The van der Waals surface area contributed by atoms with Gasteiger partial charge in [-0.3, -0.25) is 9.59 Å². The molecule has 0 radical (unpaired) electrons. The van der Waals surface area contributed by atoms with Gasteiger partial charge in [-0.15, -0.1) is 0 Å². The van der Waals surface area contributed by atoms with Gasteiger partial charge in [0, 0.05) is 20.1 Å². The quantitative estimate of drug-likeness (QED) is 0.444. The monoisotopic (exact) mass is 445 g/mol. The van der Waals surface area contributed by atoms with Gasteiger partial charge in [0.25, 0.3) is 5.91 Å². The number of carbonyl (C=O) groups is 2. The molecule has 0 heterocycles. The molecule has 0 aliphatic rings. The number of benzene rings is 1. The molecule has 29 heavy (non-hydrogen) atoms. The number of carbonyl (C=O) groups excluding carboxylic acids is 2. The van der Waals surface area contributed by atoms with Crippen LogP contribution in [-0.2, 0) is 14.8 Å². The lowest BCUT2D eigenvalue weighted by Crippen LogP contribution is -2.47. The lowest BCUT2D eigenvalue weighted by Gasteiger charge is -2.20. The van der Waals surface area contributed by atoms with Gasteiger partial charge in [-0.05, 0) is 43.9 Å². The Balaban J connectivity index is 2.65. The maximum atomic E-state index is 12.6. The molecule has 0 aliphatic heterocycles. The lowest BCUT2D eigenvalue weighted by atomic mass is 10.1. The maximum absolute atomic E-state index is 12.6. The summed E-state index contributed by atoms with van der Waals surface area (Å²) in [5.41, 5.74) is 0.364. The smallest absolute Gasteiger partial charge is 0.255 e. The molecule has 1 atom stereocenters. The summed E-state index contributed by atoms with van der Waals surface area (Å²) in [6.07, 6.45) is 2.90. The second kappa shape index (κ2) is 12.7. The first-order valence-corrected chi connectivity index (χ1v) is 12.4. The average Bonchev–Trinajstić information content (AvgIpc) is 2.73. The van der Waals surface area contributed by atoms with Gasteiger partial charge in [0.05, 0.1) is 18.4 Å².